The molecule has 0 aliphatic rings. The molecule has 2 aromatic carbocycles. The van der Waals surface area contributed by atoms with Crippen LogP contribution >= 0.6 is 0 Å². The van der Waals surface area contributed by atoms with E-state index in [-0.39, 0.29) is 41.5 Å². The van der Waals surface area contributed by atoms with Crippen molar-refractivity contribution in [3.8, 4) is 34.3 Å². The van der Waals surface area contributed by atoms with Gasteiger partial charge in [-0.25, -0.2) is 9.78 Å². The average molecular weight is 417 g/mol. The first kappa shape index (κ1) is 21.5. The van der Waals surface area contributed by atoms with Gasteiger partial charge in [-0.05, 0) is 31.5 Å². The van der Waals surface area contributed by atoms with Crippen LogP contribution in [0.5, 0.6) is 5.88 Å². The Morgan fingerprint density at radius 3 is 2.29 bits per heavy atom. The van der Waals surface area contributed by atoms with E-state index in [1.807, 2.05) is 6.07 Å². The number of esters is 1. The van der Waals surface area contributed by atoms with Gasteiger partial charge in [0, 0.05) is 23.3 Å². The second-order valence-corrected chi connectivity index (χ2v) is 6.33. The molecule has 8 heteroatoms. The Hall–Kier alpha value is -4.25. The molecule has 3 rings (SSSR count). The van der Waals surface area contributed by atoms with Crippen LogP contribution in [0.3, 0.4) is 0 Å². The quantitative estimate of drug-likeness (QED) is 0.309. The summed E-state index contributed by atoms with van der Waals surface area (Å²) in [7, 11) is 0. The lowest BCUT2D eigenvalue weighted by Crippen LogP contribution is -2.13. The number of aromatic nitrogens is 1. The number of carbonyl (C=O) groups is 1. The predicted molar refractivity (Wildman–Crippen MR) is 114 cm³/mol. The topological polar surface area (TPSA) is 115 Å². The predicted octanol–water partition coefficient (Wildman–Crippen LogP) is 4.77. The van der Waals surface area contributed by atoms with Crippen LogP contribution in [-0.2, 0) is 4.74 Å². The highest BCUT2D eigenvalue weighted by molar-refractivity contribution is 6.05. The van der Waals surface area contributed by atoms with Gasteiger partial charge in [0.05, 0.1) is 29.4 Å². The van der Waals surface area contributed by atoms with Crippen LogP contribution in [0.1, 0.15) is 29.8 Å². The Morgan fingerprint density at radius 2 is 1.74 bits per heavy atom. The zero-order valence-electron chi connectivity index (χ0n) is 17.0. The van der Waals surface area contributed by atoms with E-state index in [1.54, 1.807) is 38.1 Å². The third-order valence-corrected chi connectivity index (χ3v) is 4.45. The summed E-state index contributed by atoms with van der Waals surface area (Å²) in [6.07, 6.45) is 0. The highest BCUT2D eigenvalue weighted by Crippen LogP contribution is 2.39. The SMILES string of the molecule is CCOC(=O)c1c(-c2ccccc2)nc(OCC)c(C#N)c1-c1ccc([N+](=O)[O-])cc1. The molecule has 0 amide bonds. The van der Waals surface area contributed by atoms with Crippen LogP contribution < -0.4 is 4.74 Å². The number of pyridine rings is 1. The van der Waals surface area contributed by atoms with E-state index in [2.05, 4.69) is 11.1 Å². The van der Waals surface area contributed by atoms with Gasteiger partial charge in [-0.3, -0.25) is 10.1 Å². The Labute approximate surface area is 178 Å². The highest BCUT2D eigenvalue weighted by atomic mass is 16.6. The van der Waals surface area contributed by atoms with E-state index in [0.717, 1.165) is 0 Å². The molecule has 0 saturated carbocycles. The van der Waals surface area contributed by atoms with E-state index < -0.39 is 10.9 Å². The van der Waals surface area contributed by atoms with Crippen molar-refractivity contribution in [3.63, 3.8) is 0 Å². The summed E-state index contributed by atoms with van der Waals surface area (Å²) >= 11 is 0. The van der Waals surface area contributed by atoms with Gasteiger partial charge >= 0.3 is 5.97 Å². The lowest BCUT2D eigenvalue weighted by atomic mass is 9.92. The van der Waals surface area contributed by atoms with Gasteiger partial charge in [-0.2, -0.15) is 5.26 Å². The summed E-state index contributed by atoms with van der Waals surface area (Å²) in [6.45, 7) is 3.82. The zero-order valence-corrected chi connectivity index (χ0v) is 17.0. The molecular weight excluding hydrogens is 398 g/mol. The minimum atomic E-state index is -0.651. The number of benzene rings is 2. The summed E-state index contributed by atoms with van der Waals surface area (Å²) in [5.74, 6) is -0.577. The summed E-state index contributed by atoms with van der Waals surface area (Å²) in [4.78, 5) is 28.1. The summed E-state index contributed by atoms with van der Waals surface area (Å²) < 4.78 is 10.9. The molecule has 0 bridgehead atoms. The number of carbonyl (C=O) groups excluding carboxylic acids is 1. The number of nitro groups is 1. The van der Waals surface area contributed by atoms with Crippen LogP contribution in [0.2, 0.25) is 0 Å². The molecular formula is C23H19N3O5. The maximum atomic E-state index is 13.0. The first-order valence-corrected chi connectivity index (χ1v) is 9.60. The van der Waals surface area contributed by atoms with Crippen LogP contribution in [0.25, 0.3) is 22.4 Å². The van der Waals surface area contributed by atoms with E-state index in [0.29, 0.717) is 16.8 Å². The fraction of sp³-hybridized carbons (Fsp3) is 0.174. The molecule has 0 saturated heterocycles. The Bertz CT molecular complexity index is 1150. The molecule has 3 aromatic rings. The van der Waals surface area contributed by atoms with Gasteiger partial charge in [0.15, 0.2) is 0 Å². The molecule has 0 aliphatic carbocycles. The molecule has 0 radical (unpaired) electrons. The fourth-order valence-electron chi connectivity index (χ4n) is 3.15. The fourth-order valence-corrected chi connectivity index (χ4v) is 3.15. The summed E-state index contributed by atoms with van der Waals surface area (Å²) in [6, 6.07) is 16.7. The number of non-ortho nitro benzene ring substituents is 1. The molecule has 0 N–H and O–H groups in total. The molecule has 0 aliphatic heterocycles. The maximum Gasteiger partial charge on any atom is 0.341 e. The molecule has 0 spiro atoms. The van der Waals surface area contributed by atoms with Crippen LogP contribution in [0.15, 0.2) is 54.6 Å². The molecule has 31 heavy (non-hydrogen) atoms. The van der Waals surface area contributed by atoms with Crippen LogP contribution in [-0.4, -0.2) is 29.1 Å². The Morgan fingerprint density at radius 1 is 1.06 bits per heavy atom. The van der Waals surface area contributed by atoms with Crippen molar-refractivity contribution >= 4 is 11.7 Å². The third kappa shape index (κ3) is 4.36. The lowest BCUT2D eigenvalue weighted by Gasteiger charge is -2.18. The first-order valence-electron chi connectivity index (χ1n) is 9.60. The van der Waals surface area contributed by atoms with Crippen molar-refractivity contribution in [1.82, 2.24) is 4.98 Å². The number of ether oxygens (including phenoxy) is 2. The molecule has 1 heterocycles. The van der Waals surface area contributed by atoms with Crippen molar-refractivity contribution in [2.45, 2.75) is 13.8 Å². The lowest BCUT2D eigenvalue weighted by molar-refractivity contribution is -0.384. The van der Waals surface area contributed by atoms with Crippen LogP contribution in [0.4, 0.5) is 5.69 Å². The van der Waals surface area contributed by atoms with E-state index in [1.165, 1.54) is 24.3 Å². The average Bonchev–Trinajstić information content (AvgIpc) is 2.79. The van der Waals surface area contributed by atoms with E-state index >= 15 is 0 Å². The Balaban J connectivity index is 2.42. The van der Waals surface area contributed by atoms with Crippen LogP contribution in [0, 0.1) is 21.4 Å². The summed E-state index contributed by atoms with van der Waals surface area (Å²) in [5, 5.41) is 21.0. The minimum absolute atomic E-state index is 0.0541. The van der Waals surface area contributed by atoms with Crippen molar-refractivity contribution < 1.29 is 19.2 Å². The minimum Gasteiger partial charge on any atom is -0.477 e. The smallest absolute Gasteiger partial charge is 0.341 e. The standard InChI is InChI=1S/C23H19N3O5/c1-3-30-22-18(14-24)19(15-10-12-17(13-11-15)26(28)29)20(23(27)31-4-2)21(25-22)16-8-6-5-7-9-16/h5-13H,3-4H2,1-2H3. The van der Waals surface area contributed by atoms with E-state index in [4.69, 9.17) is 9.47 Å². The van der Waals surface area contributed by atoms with Crippen molar-refractivity contribution in [1.29, 1.82) is 5.26 Å². The Kier molecular flexibility index (Phi) is 6.58. The van der Waals surface area contributed by atoms with Gasteiger partial charge in [0.25, 0.3) is 5.69 Å². The molecule has 0 atom stereocenters. The second kappa shape index (κ2) is 9.50. The van der Waals surface area contributed by atoms with Crippen molar-refractivity contribution in [3.05, 3.63) is 75.8 Å². The second-order valence-electron chi connectivity index (χ2n) is 6.33. The monoisotopic (exact) mass is 417 g/mol. The molecule has 156 valence electrons. The number of nitriles is 1. The van der Waals surface area contributed by atoms with Crippen molar-refractivity contribution in [2.75, 3.05) is 13.2 Å². The first-order chi connectivity index (χ1) is 15.0. The van der Waals surface area contributed by atoms with Crippen molar-refractivity contribution in [2.24, 2.45) is 0 Å². The number of rotatable bonds is 7. The van der Waals surface area contributed by atoms with Gasteiger partial charge in [0.1, 0.15) is 11.6 Å². The third-order valence-electron chi connectivity index (χ3n) is 4.45. The molecule has 0 unspecified atom stereocenters. The van der Waals surface area contributed by atoms with E-state index in [9.17, 15) is 20.2 Å². The van der Waals surface area contributed by atoms with Gasteiger partial charge < -0.3 is 9.47 Å². The zero-order chi connectivity index (χ0) is 22.4. The van der Waals surface area contributed by atoms with Gasteiger partial charge in [-0.15, -0.1) is 0 Å². The highest BCUT2D eigenvalue weighted by Gasteiger charge is 2.28. The number of hydrogen-bond donors (Lipinski definition) is 0. The van der Waals surface area contributed by atoms with Gasteiger partial charge in [0.2, 0.25) is 5.88 Å². The summed E-state index contributed by atoms with van der Waals surface area (Å²) in [5.41, 5.74) is 1.68. The maximum absolute atomic E-state index is 13.0. The molecule has 8 nitrogen and oxygen atoms in total. The number of nitrogens with zero attached hydrogens (tertiary/aromatic N) is 3. The normalized spacial score (nSPS) is 10.2. The largest absolute Gasteiger partial charge is 0.477 e. The van der Waals surface area contributed by atoms with Gasteiger partial charge in [-0.1, -0.05) is 30.3 Å². The molecule has 0 fully saturated rings. The number of nitro benzene ring substituents is 1. The molecule has 1 aromatic heterocycles. The number of hydrogen-bond acceptors (Lipinski definition) is 7.